The summed E-state index contributed by atoms with van der Waals surface area (Å²) in [4.78, 5) is 6.09. The summed E-state index contributed by atoms with van der Waals surface area (Å²) in [6.45, 7) is 3.55. The highest BCUT2D eigenvalue weighted by Gasteiger charge is 2.26. The van der Waals surface area contributed by atoms with E-state index in [1.54, 1.807) is 18.3 Å². The summed E-state index contributed by atoms with van der Waals surface area (Å²) < 4.78 is 27.5. The van der Waals surface area contributed by atoms with Gasteiger partial charge in [-0.05, 0) is 43.5 Å². The summed E-state index contributed by atoms with van der Waals surface area (Å²) >= 11 is 0. The molecule has 1 aromatic carbocycles. The van der Waals surface area contributed by atoms with Gasteiger partial charge in [-0.2, -0.15) is 0 Å². The fraction of sp³-hybridized carbons (Fsp3) is 0.389. The van der Waals surface area contributed by atoms with Crippen molar-refractivity contribution in [3.05, 3.63) is 59.8 Å². The van der Waals surface area contributed by atoms with Crippen molar-refractivity contribution in [2.45, 2.75) is 31.8 Å². The molecule has 1 aliphatic heterocycles. The second-order valence-corrected chi connectivity index (χ2v) is 6.10. The van der Waals surface area contributed by atoms with Gasteiger partial charge in [0.15, 0.2) is 11.6 Å². The fourth-order valence-corrected chi connectivity index (χ4v) is 3.15. The molecule has 5 heteroatoms. The zero-order chi connectivity index (χ0) is 16.2. The minimum atomic E-state index is -0.285. The molecule has 3 nitrogen and oxygen atoms in total. The maximum atomic E-state index is 13.8. The molecule has 0 amide bonds. The zero-order valence-electron chi connectivity index (χ0n) is 13.2. The Kier molecular flexibility index (Phi) is 4.86. The lowest BCUT2D eigenvalue weighted by Gasteiger charge is -2.21. The summed E-state index contributed by atoms with van der Waals surface area (Å²) in [5, 5.41) is 3.52. The average molecular weight is 317 g/mol. The lowest BCUT2D eigenvalue weighted by atomic mass is 10.1. The van der Waals surface area contributed by atoms with Gasteiger partial charge in [0.1, 0.15) is 5.82 Å². The minimum absolute atomic E-state index is 0.158. The fourth-order valence-electron chi connectivity index (χ4n) is 3.15. The molecule has 1 fully saturated rings. The molecular formula is C18H21F2N3. The van der Waals surface area contributed by atoms with E-state index in [1.165, 1.54) is 12.1 Å². The molecule has 122 valence electrons. The number of aromatic nitrogens is 1. The van der Waals surface area contributed by atoms with E-state index in [4.69, 9.17) is 0 Å². The van der Waals surface area contributed by atoms with E-state index in [-0.39, 0.29) is 23.7 Å². The average Bonchev–Trinajstić information content (AvgIpc) is 2.98. The Morgan fingerprint density at radius 3 is 2.78 bits per heavy atom. The van der Waals surface area contributed by atoms with Crippen molar-refractivity contribution in [2.75, 3.05) is 18.0 Å². The number of nitrogens with one attached hydrogen (secondary N) is 1. The van der Waals surface area contributed by atoms with Gasteiger partial charge < -0.3 is 10.2 Å². The lowest BCUT2D eigenvalue weighted by molar-refractivity contribution is 0.459. The molecule has 2 aromatic rings. The van der Waals surface area contributed by atoms with Crippen LogP contribution in [0.3, 0.4) is 0 Å². The first-order chi connectivity index (χ1) is 11.1. The van der Waals surface area contributed by atoms with E-state index in [0.717, 1.165) is 25.1 Å². The van der Waals surface area contributed by atoms with Crippen molar-refractivity contribution < 1.29 is 8.78 Å². The Morgan fingerprint density at radius 2 is 2.00 bits per heavy atom. The van der Waals surface area contributed by atoms with Crippen LogP contribution in [-0.4, -0.2) is 30.2 Å². The Labute approximate surface area is 135 Å². The quantitative estimate of drug-likeness (QED) is 0.918. The molecule has 3 rings (SSSR count). The van der Waals surface area contributed by atoms with Crippen molar-refractivity contribution >= 4 is 5.82 Å². The number of hydrogen-bond acceptors (Lipinski definition) is 3. The topological polar surface area (TPSA) is 28.2 Å². The van der Waals surface area contributed by atoms with Crippen LogP contribution < -0.4 is 10.2 Å². The van der Waals surface area contributed by atoms with Crippen LogP contribution in [0.25, 0.3) is 0 Å². The number of benzene rings is 1. The summed E-state index contributed by atoms with van der Waals surface area (Å²) in [6.07, 6.45) is 3.18. The van der Waals surface area contributed by atoms with Crippen LogP contribution in [0.1, 0.15) is 18.9 Å². The standard InChI is InChI=1S/C18H21F2N3/c1-13(11-14-5-2-3-6-16(14)19)22-15-8-10-23(12-15)18-17(20)7-4-9-21-18/h2-7,9,13,15,22H,8,10-12H2,1H3/t13-,15+/m0/s1. The monoisotopic (exact) mass is 317 g/mol. The number of nitrogens with zero attached hydrogens (tertiary/aromatic N) is 2. The van der Waals surface area contributed by atoms with Crippen LogP contribution >= 0.6 is 0 Å². The Hall–Kier alpha value is -2.01. The van der Waals surface area contributed by atoms with Gasteiger partial charge in [0.2, 0.25) is 0 Å². The lowest BCUT2D eigenvalue weighted by Crippen LogP contribution is -2.40. The Morgan fingerprint density at radius 1 is 1.22 bits per heavy atom. The molecule has 1 aromatic heterocycles. The Bertz CT molecular complexity index is 662. The first kappa shape index (κ1) is 15.9. The molecule has 0 saturated carbocycles. The molecule has 23 heavy (non-hydrogen) atoms. The largest absolute Gasteiger partial charge is 0.353 e. The van der Waals surface area contributed by atoms with Crippen molar-refractivity contribution in [3.8, 4) is 0 Å². The number of pyridine rings is 1. The van der Waals surface area contributed by atoms with E-state index in [0.29, 0.717) is 12.2 Å². The predicted molar refractivity (Wildman–Crippen MR) is 87.5 cm³/mol. The molecular weight excluding hydrogens is 296 g/mol. The molecule has 2 heterocycles. The van der Waals surface area contributed by atoms with E-state index in [1.807, 2.05) is 17.0 Å². The van der Waals surface area contributed by atoms with E-state index >= 15 is 0 Å². The number of rotatable bonds is 5. The second-order valence-electron chi connectivity index (χ2n) is 6.10. The van der Waals surface area contributed by atoms with Crippen LogP contribution in [0.2, 0.25) is 0 Å². The molecule has 1 saturated heterocycles. The van der Waals surface area contributed by atoms with Crippen LogP contribution in [0.15, 0.2) is 42.6 Å². The van der Waals surface area contributed by atoms with Crippen molar-refractivity contribution in [3.63, 3.8) is 0 Å². The number of hydrogen-bond donors (Lipinski definition) is 1. The zero-order valence-corrected chi connectivity index (χ0v) is 13.2. The smallest absolute Gasteiger partial charge is 0.165 e. The predicted octanol–water partition coefficient (Wildman–Crippen LogP) is 3.16. The van der Waals surface area contributed by atoms with Crippen molar-refractivity contribution in [1.82, 2.24) is 10.3 Å². The van der Waals surface area contributed by atoms with Crippen molar-refractivity contribution in [1.29, 1.82) is 0 Å². The van der Waals surface area contributed by atoms with Crippen LogP contribution in [0, 0.1) is 11.6 Å². The Balaban J connectivity index is 1.56. The maximum absolute atomic E-state index is 13.8. The molecule has 0 radical (unpaired) electrons. The highest BCUT2D eigenvalue weighted by atomic mass is 19.1. The SMILES string of the molecule is C[C@@H](Cc1ccccc1F)N[C@@H]1CCN(c2ncccc2F)C1. The van der Waals surface area contributed by atoms with Gasteiger partial charge in [0.25, 0.3) is 0 Å². The number of anilines is 1. The van der Waals surface area contributed by atoms with Gasteiger partial charge in [-0.1, -0.05) is 18.2 Å². The van der Waals surface area contributed by atoms with Gasteiger partial charge in [-0.15, -0.1) is 0 Å². The second kappa shape index (κ2) is 7.04. The summed E-state index contributed by atoms with van der Waals surface area (Å²) in [7, 11) is 0. The molecule has 1 N–H and O–H groups in total. The highest BCUT2D eigenvalue weighted by Crippen LogP contribution is 2.21. The van der Waals surface area contributed by atoms with Gasteiger partial charge in [0.05, 0.1) is 0 Å². The van der Waals surface area contributed by atoms with Crippen LogP contribution in [-0.2, 0) is 6.42 Å². The van der Waals surface area contributed by atoms with Gasteiger partial charge in [-0.3, -0.25) is 0 Å². The van der Waals surface area contributed by atoms with Crippen LogP contribution in [0.4, 0.5) is 14.6 Å². The van der Waals surface area contributed by atoms with Gasteiger partial charge >= 0.3 is 0 Å². The third-order valence-corrected chi connectivity index (χ3v) is 4.23. The minimum Gasteiger partial charge on any atom is -0.353 e. The van der Waals surface area contributed by atoms with Gasteiger partial charge in [0, 0.05) is 31.4 Å². The molecule has 0 unspecified atom stereocenters. The third kappa shape index (κ3) is 3.85. The third-order valence-electron chi connectivity index (χ3n) is 4.23. The number of halogens is 2. The molecule has 0 bridgehead atoms. The first-order valence-corrected chi connectivity index (χ1v) is 7.98. The van der Waals surface area contributed by atoms with E-state index in [9.17, 15) is 8.78 Å². The van der Waals surface area contributed by atoms with E-state index in [2.05, 4.69) is 17.2 Å². The summed E-state index contributed by atoms with van der Waals surface area (Å²) in [6, 6.07) is 10.3. The summed E-state index contributed by atoms with van der Waals surface area (Å²) in [5.74, 6) is -0.0316. The molecule has 0 spiro atoms. The highest BCUT2D eigenvalue weighted by molar-refractivity contribution is 5.41. The van der Waals surface area contributed by atoms with Gasteiger partial charge in [-0.25, -0.2) is 13.8 Å². The first-order valence-electron chi connectivity index (χ1n) is 7.98. The summed E-state index contributed by atoms with van der Waals surface area (Å²) in [5.41, 5.74) is 0.720. The van der Waals surface area contributed by atoms with E-state index < -0.39 is 0 Å². The molecule has 2 atom stereocenters. The van der Waals surface area contributed by atoms with Crippen LogP contribution in [0.5, 0.6) is 0 Å². The maximum Gasteiger partial charge on any atom is 0.165 e. The van der Waals surface area contributed by atoms with Crippen molar-refractivity contribution in [2.24, 2.45) is 0 Å². The normalized spacial score (nSPS) is 19.1. The molecule has 0 aliphatic carbocycles. The molecule has 1 aliphatic rings.